The molecule has 1 aromatic heterocycles. The molecule has 2 heterocycles. The predicted molar refractivity (Wildman–Crippen MR) is 98.2 cm³/mol. The summed E-state index contributed by atoms with van der Waals surface area (Å²) >= 11 is 0. The number of nitrogens with one attached hydrogen (secondary N) is 2. The minimum atomic E-state index is -0.394. The maximum atomic E-state index is 12.8. The lowest BCUT2D eigenvalue weighted by Gasteiger charge is -2.29. The van der Waals surface area contributed by atoms with Crippen molar-refractivity contribution in [2.24, 2.45) is 5.92 Å². The average molecular weight is 344 g/mol. The first-order valence-electron chi connectivity index (χ1n) is 9.15. The van der Waals surface area contributed by atoms with Crippen molar-refractivity contribution in [1.82, 2.24) is 20.2 Å². The summed E-state index contributed by atoms with van der Waals surface area (Å²) in [6, 6.07) is 7.76. The van der Waals surface area contributed by atoms with E-state index in [1.165, 1.54) is 0 Å². The van der Waals surface area contributed by atoms with Crippen LogP contribution in [0, 0.1) is 5.92 Å². The lowest BCUT2D eigenvalue weighted by atomic mass is 10.0. The molecular weight excluding hydrogens is 316 g/mol. The Bertz CT molecular complexity index is 692. The van der Waals surface area contributed by atoms with Gasteiger partial charge in [-0.15, -0.1) is 0 Å². The number of carbonyl (C=O) groups excluding carboxylic acids is 1. The fourth-order valence-corrected chi connectivity index (χ4v) is 3.63. The second-order valence-electron chi connectivity index (χ2n) is 7.38. The first kappa shape index (κ1) is 17.7. The number of carbonyl (C=O) groups is 1. The molecule has 1 aliphatic rings. The summed E-state index contributed by atoms with van der Waals surface area (Å²) < 4.78 is 0. The lowest BCUT2D eigenvalue weighted by molar-refractivity contribution is 0.136. The molecule has 0 unspecified atom stereocenters. The molecule has 0 aliphatic carbocycles. The molecule has 0 spiro atoms. The number of aliphatic hydroxyl groups excluding tert-OH is 1. The summed E-state index contributed by atoms with van der Waals surface area (Å²) in [5.41, 5.74) is 1.89. The van der Waals surface area contributed by atoms with Crippen LogP contribution in [-0.4, -0.2) is 44.7 Å². The van der Waals surface area contributed by atoms with Crippen molar-refractivity contribution in [3.63, 3.8) is 0 Å². The van der Waals surface area contributed by atoms with Gasteiger partial charge in [-0.3, -0.25) is 0 Å². The van der Waals surface area contributed by atoms with Crippen LogP contribution in [0.15, 0.2) is 24.3 Å². The van der Waals surface area contributed by atoms with Crippen LogP contribution < -0.4 is 5.32 Å². The smallest absolute Gasteiger partial charge is 0.318 e. The predicted octanol–water partition coefficient (Wildman–Crippen LogP) is 3.20. The van der Waals surface area contributed by atoms with Crippen molar-refractivity contribution in [2.75, 3.05) is 6.54 Å². The third kappa shape index (κ3) is 3.95. The summed E-state index contributed by atoms with van der Waals surface area (Å²) in [7, 11) is 0. The van der Waals surface area contributed by atoms with E-state index in [-0.39, 0.29) is 24.0 Å². The molecule has 136 valence electrons. The van der Waals surface area contributed by atoms with E-state index in [1.54, 1.807) is 6.92 Å². The maximum absolute atomic E-state index is 12.8. The largest absolute Gasteiger partial charge is 0.393 e. The molecule has 3 rings (SSSR count). The monoisotopic (exact) mass is 344 g/mol. The number of benzene rings is 1. The van der Waals surface area contributed by atoms with E-state index in [2.05, 4.69) is 29.1 Å². The molecule has 6 nitrogen and oxygen atoms in total. The Kier molecular flexibility index (Phi) is 5.27. The van der Waals surface area contributed by atoms with E-state index in [0.29, 0.717) is 6.42 Å². The highest BCUT2D eigenvalue weighted by atomic mass is 16.3. The number of hydrogen-bond acceptors (Lipinski definition) is 3. The Morgan fingerprint density at radius 1 is 1.40 bits per heavy atom. The molecular formula is C19H28N4O2. The number of aliphatic hydroxyl groups is 1. The molecule has 1 aromatic carbocycles. The van der Waals surface area contributed by atoms with Gasteiger partial charge in [-0.25, -0.2) is 9.78 Å². The van der Waals surface area contributed by atoms with Gasteiger partial charge < -0.3 is 20.3 Å². The van der Waals surface area contributed by atoms with Crippen LogP contribution in [0.3, 0.4) is 0 Å². The molecule has 1 fully saturated rings. The highest BCUT2D eigenvalue weighted by molar-refractivity contribution is 5.77. The molecule has 3 atom stereocenters. The van der Waals surface area contributed by atoms with Gasteiger partial charge in [-0.2, -0.15) is 0 Å². The van der Waals surface area contributed by atoms with Crippen LogP contribution in [0.1, 0.15) is 51.9 Å². The van der Waals surface area contributed by atoms with Gasteiger partial charge in [0.25, 0.3) is 0 Å². The van der Waals surface area contributed by atoms with Gasteiger partial charge in [-0.05, 0) is 44.2 Å². The zero-order valence-corrected chi connectivity index (χ0v) is 15.2. The number of nitrogens with zero attached hydrogens (tertiary/aromatic N) is 2. The summed E-state index contributed by atoms with van der Waals surface area (Å²) in [4.78, 5) is 22.7. The highest BCUT2D eigenvalue weighted by Gasteiger charge is 2.32. The normalized spacial score (nSPS) is 20.2. The standard InChI is InChI=1S/C19H28N4O2/c1-12(2)17(18-20-15-8-4-5-9-16(15)21-18)22-19(25)23-10-6-7-14(23)11-13(3)24/h4-5,8-9,12-14,17,24H,6-7,10-11H2,1-3H3,(H,20,21)(H,22,25)/t13-,14-,17+/m0/s1. The van der Waals surface area contributed by atoms with Crippen molar-refractivity contribution < 1.29 is 9.90 Å². The van der Waals surface area contributed by atoms with Crippen molar-refractivity contribution in [3.05, 3.63) is 30.1 Å². The van der Waals surface area contributed by atoms with E-state index < -0.39 is 6.10 Å². The van der Waals surface area contributed by atoms with Crippen molar-refractivity contribution >= 4 is 17.1 Å². The molecule has 1 saturated heterocycles. The Morgan fingerprint density at radius 2 is 2.16 bits per heavy atom. The number of rotatable bonds is 5. The van der Waals surface area contributed by atoms with Crippen LogP contribution in [-0.2, 0) is 0 Å². The zero-order valence-electron chi connectivity index (χ0n) is 15.2. The van der Waals surface area contributed by atoms with Gasteiger partial charge in [0.2, 0.25) is 0 Å². The lowest BCUT2D eigenvalue weighted by Crippen LogP contribution is -2.46. The fraction of sp³-hybridized carbons (Fsp3) is 0.579. The van der Waals surface area contributed by atoms with Crippen molar-refractivity contribution in [1.29, 1.82) is 0 Å². The van der Waals surface area contributed by atoms with Crippen LogP contribution in [0.5, 0.6) is 0 Å². The molecule has 0 saturated carbocycles. The van der Waals surface area contributed by atoms with Crippen LogP contribution in [0.25, 0.3) is 11.0 Å². The Balaban J connectivity index is 1.76. The molecule has 3 N–H and O–H groups in total. The van der Waals surface area contributed by atoms with Gasteiger partial charge >= 0.3 is 6.03 Å². The number of aromatic nitrogens is 2. The SMILES string of the molecule is CC(C)[C@@H](NC(=O)N1CCC[C@H]1C[C@H](C)O)c1nc2ccccc2[nH]1. The molecule has 0 radical (unpaired) electrons. The van der Waals surface area contributed by atoms with Crippen LogP contribution in [0.4, 0.5) is 4.79 Å². The van der Waals surface area contributed by atoms with Crippen LogP contribution in [0.2, 0.25) is 0 Å². The van der Waals surface area contributed by atoms with Crippen LogP contribution >= 0.6 is 0 Å². The number of likely N-dealkylation sites (tertiary alicyclic amines) is 1. The molecule has 1 aliphatic heterocycles. The van der Waals surface area contributed by atoms with Gasteiger partial charge in [0.15, 0.2) is 0 Å². The summed E-state index contributed by atoms with van der Waals surface area (Å²) in [6.07, 6.45) is 2.18. The number of hydrogen-bond donors (Lipinski definition) is 3. The van der Waals surface area contributed by atoms with Gasteiger partial charge in [0, 0.05) is 12.6 Å². The number of urea groups is 1. The van der Waals surface area contributed by atoms with E-state index in [1.807, 2.05) is 29.2 Å². The maximum Gasteiger partial charge on any atom is 0.318 e. The third-order valence-electron chi connectivity index (χ3n) is 4.90. The van der Waals surface area contributed by atoms with Crippen molar-refractivity contribution in [3.8, 4) is 0 Å². The van der Waals surface area contributed by atoms with Crippen molar-refractivity contribution in [2.45, 2.75) is 58.2 Å². The summed E-state index contributed by atoms with van der Waals surface area (Å²) in [6.45, 7) is 6.68. The first-order valence-corrected chi connectivity index (χ1v) is 9.15. The Labute approximate surface area is 148 Å². The molecule has 2 aromatic rings. The number of imidazole rings is 1. The number of aromatic amines is 1. The number of fused-ring (bicyclic) bond motifs is 1. The minimum absolute atomic E-state index is 0.0673. The topological polar surface area (TPSA) is 81.2 Å². The minimum Gasteiger partial charge on any atom is -0.393 e. The number of H-pyrrole nitrogens is 1. The zero-order chi connectivity index (χ0) is 18.0. The quantitative estimate of drug-likeness (QED) is 0.779. The second kappa shape index (κ2) is 7.44. The Morgan fingerprint density at radius 3 is 2.84 bits per heavy atom. The van der Waals surface area contributed by atoms with Gasteiger partial charge in [0.05, 0.1) is 23.2 Å². The number of para-hydroxylation sites is 2. The van der Waals surface area contributed by atoms with E-state index >= 15 is 0 Å². The van der Waals surface area contributed by atoms with Gasteiger partial charge in [0.1, 0.15) is 5.82 Å². The van der Waals surface area contributed by atoms with Gasteiger partial charge in [-0.1, -0.05) is 26.0 Å². The third-order valence-corrected chi connectivity index (χ3v) is 4.90. The molecule has 6 heteroatoms. The van der Waals surface area contributed by atoms with E-state index in [4.69, 9.17) is 0 Å². The highest BCUT2D eigenvalue weighted by Crippen LogP contribution is 2.25. The molecule has 0 bridgehead atoms. The average Bonchev–Trinajstić information content (AvgIpc) is 3.17. The molecule has 2 amide bonds. The molecule has 25 heavy (non-hydrogen) atoms. The second-order valence-corrected chi connectivity index (χ2v) is 7.38. The van der Waals surface area contributed by atoms with E-state index in [0.717, 1.165) is 36.2 Å². The fourth-order valence-electron chi connectivity index (χ4n) is 3.63. The number of amides is 2. The summed E-state index contributed by atoms with van der Waals surface area (Å²) in [5, 5.41) is 12.8. The first-order chi connectivity index (χ1) is 12.0. The van der Waals surface area contributed by atoms with E-state index in [9.17, 15) is 9.90 Å². The Hall–Kier alpha value is -2.08. The summed E-state index contributed by atoms with van der Waals surface area (Å²) in [5.74, 6) is 0.998.